The highest BCUT2D eigenvalue weighted by Crippen LogP contribution is 2.25. The van der Waals surface area contributed by atoms with E-state index in [-0.39, 0.29) is 22.7 Å². The van der Waals surface area contributed by atoms with Crippen molar-refractivity contribution in [3.63, 3.8) is 0 Å². The highest BCUT2D eigenvalue weighted by molar-refractivity contribution is 5.33. The van der Waals surface area contributed by atoms with E-state index >= 15 is 0 Å². The average Bonchev–Trinajstić information content (AvgIpc) is 2.64. The van der Waals surface area contributed by atoms with E-state index in [4.69, 9.17) is 0 Å². The van der Waals surface area contributed by atoms with Crippen LogP contribution in [-0.2, 0) is 0 Å². The summed E-state index contributed by atoms with van der Waals surface area (Å²) in [5.41, 5.74) is 1.32. The van der Waals surface area contributed by atoms with Gasteiger partial charge in [-0.25, -0.2) is 4.39 Å². The van der Waals surface area contributed by atoms with Gasteiger partial charge in [-0.1, -0.05) is 12.1 Å². The number of halogens is 1. The number of benzene rings is 1. The predicted molar refractivity (Wildman–Crippen MR) is 75.4 cm³/mol. The molecule has 1 unspecified atom stereocenters. The van der Waals surface area contributed by atoms with E-state index < -0.39 is 11.9 Å². The van der Waals surface area contributed by atoms with Gasteiger partial charge in [0.25, 0.3) is 5.56 Å². The molecule has 0 aliphatic carbocycles. The second-order valence-corrected chi connectivity index (χ2v) is 5.33. The molecule has 4 nitrogen and oxygen atoms in total. The van der Waals surface area contributed by atoms with Gasteiger partial charge in [0, 0.05) is 17.3 Å². The molecule has 108 valence electrons. The van der Waals surface area contributed by atoms with Crippen LogP contribution in [0.1, 0.15) is 48.4 Å². The second kappa shape index (κ2) is 5.25. The zero-order valence-corrected chi connectivity index (χ0v) is 12.1. The van der Waals surface area contributed by atoms with Crippen LogP contribution in [0.25, 0.3) is 0 Å². The molecule has 1 aromatic heterocycles. The Balaban J connectivity index is 2.54. The zero-order chi connectivity index (χ0) is 15.0. The number of aromatic amines is 1. The normalized spacial score (nSPS) is 12.9. The van der Waals surface area contributed by atoms with Gasteiger partial charge in [0.2, 0.25) is 0 Å². The molecule has 0 spiro atoms. The van der Waals surface area contributed by atoms with Crippen LogP contribution in [0.15, 0.2) is 23.0 Å². The number of aromatic nitrogens is 2. The SMILES string of the molecule is Cc1ccc(C(O)c2c(C)n(C(C)C)[nH]c2=O)c(F)c1. The topological polar surface area (TPSA) is 58.0 Å². The molecule has 20 heavy (non-hydrogen) atoms. The molecule has 0 aliphatic rings. The van der Waals surface area contributed by atoms with Gasteiger partial charge in [-0.15, -0.1) is 0 Å². The summed E-state index contributed by atoms with van der Waals surface area (Å²) in [7, 11) is 0. The molecule has 2 rings (SSSR count). The molecular weight excluding hydrogens is 259 g/mol. The molecule has 5 heteroatoms. The van der Waals surface area contributed by atoms with Crippen LogP contribution >= 0.6 is 0 Å². The van der Waals surface area contributed by atoms with Gasteiger partial charge < -0.3 is 5.11 Å². The Morgan fingerprint density at radius 1 is 1.30 bits per heavy atom. The van der Waals surface area contributed by atoms with Crippen molar-refractivity contribution >= 4 is 0 Å². The number of rotatable bonds is 3. The van der Waals surface area contributed by atoms with Gasteiger partial charge in [-0.05, 0) is 39.3 Å². The van der Waals surface area contributed by atoms with E-state index in [1.807, 2.05) is 13.8 Å². The quantitative estimate of drug-likeness (QED) is 0.906. The highest BCUT2D eigenvalue weighted by atomic mass is 19.1. The maximum Gasteiger partial charge on any atom is 0.270 e. The Labute approximate surface area is 116 Å². The summed E-state index contributed by atoms with van der Waals surface area (Å²) in [5.74, 6) is -0.506. The van der Waals surface area contributed by atoms with Crippen LogP contribution in [0.5, 0.6) is 0 Å². The molecule has 1 atom stereocenters. The van der Waals surface area contributed by atoms with Crippen molar-refractivity contribution in [1.29, 1.82) is 0 Å². The molecule has 0 fully saturated rings. The first-order valence-electron chi connectivity index (χ1n) is 6.58. The number of aryl methyl sites for hydroxylation is 1. The van der Waals surface area contributed by atoms with Gasteiger partial charge in [0.1, 0.15) is 11.9 Å². The van der Waals surface area contributed by atoms with Crippen LogP contribution in [0.3, 0.4) is 0 Å². The smallest absolute Gasteiger partial charge is 0.270 e. The van der Waals surface area contributed by atoms with Crippen LogP contribution < -0.4 is 5.56 Å². The standard InChI is InChI=1S/C15H19FN2O2/c1-8(2)18-10(4)13(15(20)17-18)14(19)11-6-5-9(3)7-12(11)16/h5-8,14,19H,1-4H3,(H,17,20). The minimum Gasteiger partial charge on any atom is -0.383 e. The molecule has 0 bridgehead atoms. The van der Waals surface area contributed by atoms with E-state index in [1.54, 1.807) is 24.6 Å². The van der Waals surface area contributed by atoms with Crippen LogP contribution in [0, 0.1) is 19.7 Å². The Morgan fingerprint density at radius 3 is 2.45 bits per heavy atom. The lowest BCUT2D eigenvalue weighted by Crippen LogP contribution is -2.14. The number of H-pyrrole nitrogens is 1. The molecule has 0 saturated carbocycles. The van der Waals surface area contributed by atoms with Crippen molar-refractivity contribution in [3.05, 3.63) is 56.8 Å². The average molecular weight is 278 g/mol. The van der Waals surface area contributed by atoms with Gasteiger partial charge in [0.15, 0.2) is 0 Å². The van der Waals surface area contributed by atoms with Crippen LogP contribution in [0.4, 0.5) is 4.39 Å². The molecular formula is C15H19FN2O2. The maximum atomic E-state index is 13.9. The largest absolute Gasteiger partial charge is 0.383 e. The van der Waals surface area contributed by atoms with Gasteiger partial charge >= 0.3 is 0 Å². The minimum absolute atomic E-state index is 0.0616. The Bertz CT molecular complexity index is 686. The van der Waals surface area contributed by atoms with Gasteiger partial charge in [-0.2, -0.15) is 0 Å². The first kappa shape index (κ1) is 14.5. The lowest BCUT2D eigenvalue weighted by atomic mass is 10.0. The fourth-order valence-electron chi connectivity index (χ4n) is 2.40. The van der Waals surface area contributed by atoms with E-state index in [9.17, 15) is 14.3 Å². The van der Waals surface area contributed by atoms with Crippen LogP contribution in [0.2, 0.25) is 0 Å². The third kappa shape index (κ3) is 2.41. The number of aliphatic hydroxyl groups excluding tert-OH is 1. The Kier molecular flexibility index (Phi) is 3.81. The zero-order valence-electron chi connectivity index (χ0n) is 12.1. The molecule has 2 N–H and O–H groups in total. The van der Waals surface area contributed by atoms with Crippen molar-refractivity contribution in [3.8, 4) is 0 Å². The van der Waals surface area contributed by atoms with E-state index in [1.165, 1.54) is 12.1 Å². The lowest BCUT2D eigenvalue weighted by molar-refractivity contribution is 0.213. The fraction of sp³-hybridized carbons (Fsp3) is 0.400. The number of hydrogen-bond donors (Lipinski definition) is 2. The minimum atomic E-state index is -1.26. The van der Waals surface area contributed by atoms with Crippen molar-refractivity contribution < 1.29 is 9.50 Å². The third-order valence-electron chi connectivity index (χ3n) is 3.46. The lowest BCUT2D eigenvalue weighted by Gasteiger charge is -2.13. The number of nitrogens with one attached hydrogen (secondary N) is 1. The van der Waals surface area contributed by atoms with Gasteiger partial charge in [0.05, 0.1) is 5.56 Å². The molecule has 0 radical (unpaired) electrons. The Hall–Kier alpha value is -1.88. The summed E-state index contributed by atoms with van der Waals surface area (Å²) in [4.78, 5) is 12.0. The van der Waals surface area contributed by atoms with Crippen molar-refractivity contribution in [2.24, 2.45) is 0 Å². The maximum absolute atomic E-state index is 13.9. The van der Waals surface area contributed by atoms with E-state index in [2.05, 4.69) is 5.10 Å². The Morgan fingerprint density at radius 2 is 1.95 bits per heavy atom. The first-order chi connectivity index (χ1) is 9.32. The molecule has 1 aromatic carbocycles. The number of hydrogen-bond acceptors (Lipinski definition) is 2. The summed E-state index contributed by atoms with van der Waals surface area (Å²) < 4.78 is 15.6. The monoisotopic (exact) mass is 278 g/mol. The van der Waals surface area contributed by atoms with Gasteiger partial charge in [-0.3, -0.25) is 14.6 Å². The second-order valence-electron chi connectivity index (χ2n) is 5.33. The van der Waals surface area contributed by atoms with Crippen molar-refractivity contribution in [1.82, 2.24) is 9.78 Å². The predicted octanol–water partition coefficient (Wildman–Crippen LogP) is 2.59. The van der Waals surface area contributed by atoms with E-state index in [0.717, 1.165) is 5.56 Å². The summed E-state index contributed by atoms with van der Waals surface area (Å²) in [6.07, 6.45) is -1.26. The number of nitrogens with zero attached hydrogens (tertiary/aromatic N) is 1. The fourth-order valence-corrected chi connectivity index (χ4v) is 2.40. The first-order valence-corrected chi connectivity index (χ1v) is 6.58. The van der Waals surface area contributed by atoms with E-state index in [0.29, 0.717) is 5.69 Å². The highest BCUT2D eigenvalue weighted by Gasteiger charge is 2.23. The molecule has 1 heterocycles. The van der Waals surface area contributed by atoms with Crippen molar-refractivity contribution in [2.45, 2.75) is 39.8 Å². The van der Waals surface area contributed by atoms with Crippen LogP contribution in [-0.4, -0.2) is 14.9 Å². The molecule has 0 amide bonds. The molecule has 2 aromatic rings. The summed E-state index contributed by atoms with van der Waals surface area (Å²) in [6.45, 7) is 7.35. The molecule has 0 saturated heterocycles. The summed E-state index contributed by atoms with van der Waals surface area (Å²) in [5, 5.41) is 13.0. The summed E-state index contributed by atoms with van der Waals surface area (Å²) >= 11 is 0. The molecule has 0 aliphatic heterocycles. The third-order valence-corrected chi connectivity index (χ3v) is 3.46. The summed E-state index contributed by atoms with van der Waals surface area (Å²) in [6, 6.07) is 4.64. The number of aliphatic hydroxyl groups is 1. The van der Waals surface area contributed by atoms with Crippen molar-refractivity contribution in [2.75, 3.05) is 0 Å².